The summed E-state index contributed by atoms with van der Waals surface area (Å²) in [6.45, 7) is 2.15. The Morgan fingerprint density at radius 3 is 2.14 bits per heavy atom. The van der Waals surface area contributed by atoms with E-state index in [4.69, 9.17) is 14.8 Å². The number of nitrogen functional groups attached to an aromatic ring is 1. The van der Waals surface area contributed by atoms with Gasteiger partial charge in [0.1, 0.15) is 5.69 Å². The molecule has 2 heterocycles. The Balaban J connectivity index is 1.71. The van der Waals surface area contributed by atoms with E-state index in [0.717, 1.165) is 12.1 Å². The van der Waals surface area contributed by atoms with Gasteiger partial charge >= 0.3 is 7.75 Å². The van der Waals surface area contributed by atoms with E-state index in [2.05, 4.69) is 0 Å². The van der Waals surface area contributed by atoms with E-state index < -0.39 is 19.4 Å². The number of nitrogens with zero attached hydrogens (tertiary/aromatic N) is 2. The van der Waals surface area contributed by atoms with Crippen LogP contribution in [0.25, 0.3) is 0 Å². The second-order valence-corrected chi connectivity index (χ2v) is 7.28. The highest BCUT2D eigenvalue weighted by Crippen LogP contribution is 2.54. The number of hydrogen-bond acceptors (Lipinski definition) is 5. The average molecular weight is 333 g/mol. The van der Waals surface area contributed by atoms with E-state index in [1.54, 1.807) is 9.57 Å². The quantitative estimate of drug-likeness (QED) is 0.661. The van der Waals surface area contributed by atoms with Crippen molar-refractivity contribution in [3.63, 3.8) is 0 Å². The van der Waals surface area contributed by atoms with Crippen molar-refractivity contribution in [2.75, 3.05) is 50.0 Å². The van der Waals surface area contributed by atoms with Gasteiger partial charge in [-0.1, -0.05) is 0 Å². The molecule has 0 amide bonds. The SMILES string of the molecule is Nc1cc(F)c(N2CCN(P3(=O)OCCCO3)CC2)c(F)c1. The number of anilines is 2. The molecule has 0 bridgehead atoms. The van der Waals surface area contributed by atoms with Gasteiger partial charge in [-0.25, -0.2) is 18.0 Å². The van der Waals surface area contributed by atoms with Crippen LogP contribution in [0.4, 0.5) is 20.2 Å². The highest BCUT2D eigenvalue weighted by atomic mass is 31.2. The van der Waals surface area contributed by atoms with E-state index >= 15 is 0 Å². The maximum atomic E-state index is 13.9. The summed E-state index contributed by atoms with van der Waals surface area (Å²) in [6, 6.07) is 2.19. The third kappa shape index (κ3) is 2.96. The van der Waals surface area contributed by atoms with Crippen LogP contribution < -0.4 is 10.6 Å². The molecular formula is C13H18F2N3O3P. The fourth-order valence-corrected chi connectivity index (χ4v) is 4.46. The molecule has 22 heavy (non-hydrogen) atoms. The first-order valence-electron chi connectivity index (χ1n) is 7.13. The number of hydrogen-bond donors (Lipinski definition) is 1. The van der Waals surface area contributed by atoms with Crippen molar-refractivity contribution in [1.29, 1.82) is 0 Å². The summed E-state index contributed by atoms with van der Waals surface area (Å²) in [7, 11) is -3.24. The van der Waals surface area contributed by atoms with Crippen molar-refractivity contribution in [3.8, 4) is 0 Å². The minimum Gasteiger partial charge on any atom is -0.399 e. The lowest BCUT2D eigenvalue weighted by molar-refractivity contribution is 0.107. The van der Waals surface area contributed by atoms with Gasteiger partial charge in [-0.2, -0.15) is 0 Å². The molecular weight excluding hydrogens is 315 g/mol. The normalized spacial score (nSPS) is 22.7. The van der Waals surface area contributed by atoms with Crippen LogP contribution in [-0.2, 0) is 13.6 Å². The molecule has 0 aromatic heterocycles. The Labute approximate surface area is 127 Å². The minimum atomic E-state index is -3.24. The summed E-state index contributed by atoms with van der Waals surface area (Å²) in [4.78, 5) is 1.58. The van der Waals surface area contributed by atoms with Gasteiger partial charge in [-0.05, 0) is 18.6 Å². The summed E-state index contributed by atoms with van der Waals surface area (Å²) in [5.74, 6) is -1.38. The molecule has 0 spiro atoms. The summed E-state index contributed by atoms with van der Waals surface area (Å²) in [5, 5.41) is 0. The summed E-state index contributed by atoms with van der Waals surface area (Å²) in [6.07, 6.45) is 0.714. The van der Waals surface area contributed by atoms with Crippen LogP contribution in [-0.4, -0.2) is 44.1 Å². The van der Waals surface area contributed by atoms with Crippen molar-refractivity contribution < 1.29 is 22.4 Å². The standard InChI is InChI=1S/C13H18F2N3O3P/c14-11-8-10(16)9-12(15)13(11)17-2-4-18(5-3-17)22(19)20-6-1-7-21-22/h8-9H,1-7,16H2. The topological polar surface area (TPSA) is 68.0 Å². The molecule has 2 fully saturated rings. The first-order chi connectivity index (χ1) is 10.5. The van der Waals surface area contributed by atoms with Crippen molar-refractivity contribution in [2.24, 2.45) is 0 Å². The minimum absolute atomic E-state index is 0.0471. The molecule has 6 nitrogen and oxygen atoms in total. The van der Waals surface area contributed by atoms with Gasteiger partial charge in [-0.15, -0.1) is 0 Å². The molecule has 1 aromatic rings. The van der Waals surface area contributed by atoms with Gasteiger partial charge in [-0.3, -0.25) is 9.05 Å². The first-order valence-corrected chi connectivity index (χ1v) is 8.63. The Kier molecular flexibility index (Phi) is 4.36. The largest absolute Gasteiger partial charge is 0.408 e. The zero-order valence-electron chi connectivity index (χ0n) is 12.0. The predicted molar refractivity (Wildman–Crippen MR) is 78.7 cm³/mol. The number of halogens is 2. The van der Waals surface area contributed by atoms with Gasteiger partial charge < -0.3 is 10.6 Å². The molecule has 122 valence electrons. The molecule has 2 saturated heterocycles. The molecule has 0 atom stereocenters. The van der Waals surface area contributed by atoms with Crippen LogP contribution in [0.5, 0.6) is 0 Å². The Hall–Kier alpha value is -1.21. The summed E-state index contributed by atoms with van der Waals surface area (Å²) in [5.41, 5.74) is 5.37. The van der Waals surface area contributed by atoms with Crippen LogP contribution in [0.1, 0.15) is 6.42 Å². The highest BCUT2D eigenvalue weighted by Gasteiger charge is 2.38. The van der Waals surface area contributed by atoms with Gasteiger partial charge in [0.15, 0.2) is 11.6 Å². The molecule has 0 aliphatic carbocycles. The maximum Gasteiger partial charge on any atom is 0.408 e. The number of piperazine rings is 1. The van der Waals surface area contributed by atoms with Crippen LogP contribution in [0.2, 0.25) is 0 Å². The van der Waals surface area contributed by atoms with Crippen molar-refractivity contribution >= 4 is 19.1 Å². The molecule has 0 unspecified atom stereocenters. The molecule has 3 rings (SSSR count). The van der Waals surface area contributed by atoms with E-state index in [0.29, 0.717) is 45.8 Å². The Morgan fingerprint density at radius 2 is 1.59 bits per heavy atom. The lowest BCUT2D eigenvalue weighted by Gasteiger charge is -2.39. The molecule has 0 saturated carbocycles. The van der Waals surface area contributed by atoms with Crippen LogP contribution in [0.3, 0.4) is 0 Å². The molecule has 9 heteroatoms. The third-order valence-electron chi connectivity index (χ3n) is 3.76. The van der Waals surface area contributed by atoms with Crippen molar-refractivity contribution in [1.82, 2.24) is 4.67 Å². The fraction of sp³-hybridized carbons (Fsp3) is 0.538. The highest BCUT2D eigenvalue weighted by molar-refractivity contribution is 7.51. The number of rotatable bonds is 2. The lowest BCUT2D eigenvalue weighted by Crippen LogP contribution is -2.46. The second kappa shape index (κ2) is 6.12. The monoisotopic (exact) mass is 333 g/mol. The molecule has 2 aliphatic rings. The maximum absolute atomic E-state index is 13.9. The molecule has 2 N–H and O–H groups in total. The summed E-state index contributed by atoms with van der Waals surface area (Å²) >= 11 is 0. The Bertz CT molecular complexity index is 575. The second-order valence-electron chi connectivity index (χ2n) is 5.26. The number of nitrogens with two attached hydrogens (primary N) is 1. The zero-order valence-corrected chi connectivity index (χ0v) is 12.9. The fourth-order valence-electron chi connectivity index (χ4n) is 2.67. The summed E-state index contributed by atoms with van der Waals surface area (Å²) < 4.78 is 52.6. The predicted octanol–water partition coefficient (Wildman–Crippen LogP) is 2.21. The van der Waals surface area contributed by atoms with Crippen LogP contribution >= 0.6 is 7.75 Å². The average Bonchev–Trinajstić information content (AvgIpc) is 2.47. The van der Waals surface area contributed by atoms with E-state index in [-0.39, 0.29) is 11.4 Å². The van der Waals surface area contributed by atoms with E-state index in [1.807, 2.05) is 0 Å². The van der Waals surface area contributed by atoms with E-state index in [9.17, 15) is 13.3 Å². The molecule has 2 aliphatic heterocycles. The van der Waals surface area contributed by atoms with Gasteiger partial charge in [0.25, 0.3) is 0 Å². The lowest BCUT2D eigenvalue weighted by atomic mass is 10.2. The first kappa shape index (κ1) is 15.7. The zero-order chi connectivity index (χ0) is 15.7. The van der Waals surface area contributed by atoms with Crippen molar-refractivity contribution in [2.45, 2.75) is 6.42 Å². The van der Waals surface area contributed by atoms with Crippen LogP contribution in [0, 0.1) is 11.6 Å². The van der Waals surface area contributed by atoms with E-state index in [1.165, 1.54) is 0 Å². The Morgan fingerprint density at radius 1 is 1.05 bits per heavy atom. The van der Waals surface area contributed by atoms with Gasteiger partial charge in [0.2, 0.25) is 0 Å². The van der Waals surface area contributed by atoms with Crippen molar-refractivity contribution in [3.05, 3.63) is 23.8 Å². The van der Waals surface area contributed by atoms with Crippen LogP contribution in [0.15, 0.2) is 12.1 Å². The molecule has 0 radical (unpaired) electrons. The number of benzene rings is 1. The smallest absolute Gasteiger partial charge is 0.399 e. The molecule has 1 aromatic carbocycles. The third-order valence-corrected chi connectivity index (χ3v) is 5.87. The van der Waals surface area contributed by atoms with Gasteiger partial charge in [0.05, 0.1) is 13.2 Å². The van der Waals surface area contributed by atoms with Gasteiger partial charge in [0, 0.05) is 31.9 Å².